The van der Waals surface area contributed by atoms with Gasteiger partial charge in [0.2, 0.25) is 0 Å². The summed E-state index contributed by atoms with van der Waals surface area (Å²) in [5.41, 5.74) is 0. The molecule has 0 aliphatic heterocycles. The second-order valence-electron chi connectivity index (χ2n) is 0. The van der Waals surface area contributed by atoms with E-state index < -0.39 is 0 Å². The van der Waals surface area contributed by atoms with Crippen LogP contribution >= 0.6 is 0 Å². The predicted molar refractivity (Wildman–Crippen MR) is 17.9 cm³/mol. The van der Waals surface area contributed by atoms with Crippen LogP contribution in [0.25, 0.3) is 0 Å². The zero-order valence-electron chi connectivity index (χ0n) is 3.83. The van der Waals surface area contributed by atoms with Crippen LogP contribution in [0.4, 0.5) is 0 Å². The molecule has 0 aromatic heterocycles. The van der Waals surface area contributed by atoms with Gasteiger partial charge in [-0.3, -0.25) is 0 Å². The molecule has 0 amide bonds. The monoisotopic (exact) mass is 222 g/mol. The molecule has 0 atom stereocenters. The Hall–Kier alpha value is 2.86. The molecular formula is H5AlCoCrMgMn. The third kappa shape index (κ3) is 19.8. The molecule has 5 heteroatoms. The minimum atomic E-state index is 0. The van der Waals surface area contributed by atoms with Gasteiger partial charge in [-0.25, -0.2) is 0 Å². The van der Waals surface area contributed by atoms with Crippen LogP contribution in [-0.2, 0) is 51.2 Å². The standard InChI is InChI=1S/Al.Co.Cr.Mg.Mn.5H/q;;;+2;;;;;2*-1. The van der Waals surface area contributed by atoms with Gasteiger partial charge in [-0.2, -0.15) is 0 Å². The molecule has 5 heavy (non-hydrogen) atoms. The van der Waals surface area contributed by atoms with Crippen LogP contribution in [0, 0.1) is 0 Å². The third-order valence-corrected chi connectivity index (χ3v) is 0. The van der Waals surface area contributed by atoms with Crippen molar-refractivity contribution < 1.29 is 54.1 Å². The first-order chi connectivity index (χ1) is 0. The minimum Gasteiger partial charge on any atom is -1.00 e. The molecule has 0 heterocycles. The fraction of sp³-hybridized carbons (Fsp3) is 0. The van der Waals surface area contributed by atoms with Gasteiger partial charge in [-0.1, -0.05) is 0 Å². The van der Waals surface area contributed by atoms with Crippen molar-refractivity contribution in [1.82, 2.24) is 0 Å². The van der Waals surface area contributed by atoms with Crippen molar-refractivity contribution in [2.24, 2.45) is 0 Å². The van der Waals surface area contributed by atoms with Gasteiger partial charge in [0.1, 0.15) is 0 Å². The van der Waals surface area contributed by atoms with Gasteiger partial charge >= 0.3 is 23.1 Å². The summed E-state index contributed by atoms with van der Waals surface area (Å²) in [6.07, 6.45) is 0. The van der Waals surface area contributed by atoms with Crippen LogP contribution in [0.15, 0.2) is 0 Å². The van der Waals surface area contributed by atoms with Crippen molar-refractivity contribution in [3.8, 4) is 0 Å². The maximum atomic E-state index is 0. The predicted octanol–water partition coefficient (Wildman–Crippen LogP) is -1.35. The molecule has 0 rings (SSSR count). The molecule has 0 bridgehead atoms. The molecule has 0 saturated heterocycles. The smallest absolute Gasteiger partial charge is 1.00 e. The number of rotatable bonds is 0. The second-order valence-corrected chi connectivity index (χ2v) is 0. The zero-order valence-corrected chi connectivity index (χ0v) is 6.74. The van der Waals surface area contributed by atoms with Crippen molar-refractivity contribution >= 4 is 40.4 Å². The van der Waals surface area contributed by atoms with Gasteiger partial charge in [-0.05, 0) is 0 Å². The summed E-state index contributed by atoms with van der Waals surface area (Å²) in [5.74, 6) is 0. The Morgan fingerprint density at radius 3 is 1.20 bits per heavy atom. The van der Waals surface area contributed by atoms with E-state index in [-0.39, 0.29) is 94.5 Å². The van der Waals surface area contributed by atoms with Crippen LogP contribution in [-0.4, -0.2) is 40.4 Å². The van der Waals surface area contributed by atoms with Gasteiger partial charge in [0.05, 0.1) is 0 Å². The van der Waals surface area contributed by atoms with Crippen LogP contribution in [0.1, 0.15) is 2.85 Å². The van der Waals surface area contributed by atoms with E-state index >= 15 is 0 Å². The third-order valence-electron chi connectivity index (χ3n) is 0. The SMILES string of the molecule is [AlH3].[Co].[Cr].[H-].[H-].[Mg+2].[Mn]. The maximum Gasteiger partial charge on any atom is 2.00 e. The van der Waals surface area contributed by atoms with Crippen molar-refractivity contribution in [2.45, 2.75) is 0 Å². The first kappa shape index (κ1) is 45.3. The summed E-state index contributed by atoms with van der Waals surface area (Å²) in [4.78, 5) is 0. The van der Waals surface area contributed by atoms with Gasteiger partial charge in [0.25, 0.3) is 0 Å². The minimum absolute atomic E-state index is 0. The summed E-state index contributed by atoms with van der Waals surface area (Å²) >= 11 is 0. The summed E-state index contributed by atoms with van der Waals surface area (Å²) < 4.78 is 0. The molecule has 0 fully saturated rings. The fourth-order valence-electron chi connectivity index (χ4n) is 0. The van der Waals surface area contributed by atoms with Crippen LogP contribution in [0.2, 0.25) is 0 Å². The van der Waals surface area contributed by atoms with E-state index in [1.54, 1.807) is 0 Å². The van der Waals surface area contributed by atoms with Crippen molar-refractivity contribution in [2.75, 3.05) is 0 Å². The largest absolute Gasteiger partial charge is 2.00 e. The van der Waals surface area contributed by atoms with Crippen molar-refractivity contribution in [3.63, 3.8) is 0 Å². The summed E-state index contributed by atoms with van der Waals surface area (Å²) in [7, 11) is 0. The second kappa shape index (κ2) is 28.8. The van der Waals surface area contributed by atoms with Crippen LogP contribution in [0.5, 0.6) is 0 Å². The molecule has 0 unspecified atom stereocenters. The van der Waals surface area contributed by atoms with Gasteiger partial charge in [0, 0.05) is 51.2 Å². The average Bonchev–Trinajstić information content (AvgIpc) is 0. The van der Waals surface area contributed by atoms with E-state index in [0.717, 1.165) is 0 Å². The molecule has 0 aromatic rings. The summed E-state index contributed by atoms with van der Waals surface area (Å²) in [6, 6.07) is 0. The Bertz CT molecular complexity index is 17.7. The molecule has 0 N–H and O–H groups in total. The van der Waals surface area contributed by atoms with E-state index in [9.17, 15) is 0 Å². The van der Waals surface area contributed by atoms with Gasteiger partial charge < -0.3 is 2.85 Å². The first-order valence-corrected chi connectivity index (χ1v) is 0. The number of hydrogen-bond acceptors (Lipinski definition) is 0. The van der Waals surface area contributed by atoms with Crippen molar-refractivity contribution in [3.05, 3.63) is 0 Å². The van der Waals surface area contributed by atoms with E-state index in [2.05, 4.69) is 0 Å². The Labute approximate surface area is 93.3 Å². The first-order valence-electron chi connectivity index (χ1n) is 0. The van der Waals surface area contributed by atoms with Crippen molar-refractivity contribution in [1.29, 1.82) is 0 Å². The Balaban J connectivity index is 0. The Morgan fingerprint density at radius 2 is 1.20 bits per heavy atom. The Kier molecular flexibility index (Phi) is 261. The average molecular weight is 222 g/mol. The van der Waals surface area contributed by atoms with Gasteiger partial charge in [0.15, 0.2) is 17.4 Å². The maximum absolute atomic E-state index is 0. The normalized spacial score (nSPS) is 0. The van der Waals surface area contributed by atoms with E-state index in [0.29, 0.717) is 0 Å². The fourth-order valence-corrected chi connectivity index (χ4v) is 0. The Morgan fingerprint density at radius 1 is 1.20 bits per heavy atom. The molecule has 32 valence electrons. The quantitative estimate of drug-likeness (QED) is 0.445. The molecule has 0 spiro atoms. The molecular weight excluding hydrogens is 217 g/mol. The molecule has 0 aromatic carbocycles. The summed E-state index contributed by atoms with van der Waals surface area (Å²) in [5, 5.41) is 0. The molecule has 0 saturated carbocycles. The van der Waals surface area contributed by atoms with E-state index in [1.807, 2.05) is 0 Å². The van der Waals surface area contributed by atoms with Gasteiger partial charge in [-0.15, -0.1) is 0 Å². The zero-order chi connectivity index (χ0) is 0. The number of hydrogen-bond donors (Lipinski definition) is 0. The topological polar surface area (TPSA) is 0 Å². The molecule has 0 nitrogen and oxygen atoms in total. The molecule has 0 aliphatic rings. The molecule has 2 radical (unpaired) electrons. The van der Waals surface area contributed by atoms with E-state index in [4.69, 9.17) is 0 Å². The summed E-state index contributed by atoms with van der Waals surface area (Å²) in [6.45, 7) is 0. The van der Waals surface area contributed by atoms with Crippen LogP contribution < -0.4 is 0 Å². The van der Waals surface area contributed by atoms with E-state index in [1.165, 1.54) is 0 Å². The van der Waals surface area contributed by atoms with Crippen LogP contribution in [0.3, 0.4) is 0 Å². The molecule has 0 aliphatic carbocycles.